The molecule has 0 radical (unpaired) electrons. The van der Waals surface area contributed by atoms with E-state index in [1.165, 1.54) is 70.6 Å². The van der Waals surface area contributed by atoms with Crippen molar-refractivity contribution in [2.24, 2.45) is 5.41 Å². The number of unbranched alkanes of at least 4 members (excludes halogenated alkanes) is 12. The summed E-state index contributed by atoms with van der Waals surface area (Å²) in [4.78, 5) is 10.3. The van der Waals surface area contributed by atoms with Gasteiger partial charge in [0, 0.05) is 25.0 Å². The molecular formula is C27H56O6. The van der Waals surface area contributed by atoms with E-state index in [0.717, 1.165) is 25.7 Å². The average molecular weight is 477 g/mol. The SMILES string of the molecule is CC(C)(CO)CO.CCCCCCCC/C=C\CCCCCCCC(=O)O.OCCCCO. The van der Waals surface area contributed by atoms with Crippen molar-refractivity contribution in [1.29, 1.82) is 0 Å². The molecule has 0 aromatic carbocycles. The topological polar surface area (TPSA) is 118 Å². The number of aliphatic hydroxyl groups is 4. The molecule has 200 valence electrons. The fourth-order valence-electron chi connectivity index (χ4n) is 2.62. The molecule has 0 rings (SSSR count). The molecule has 0 aliphatic rings. The highest BCUT2D eigenvalue weighted by molar-refractivity contribution is 5.66. The molecule has 0 unspecified atom stereocenters. The van der Waals surface area contributed by atoms with Gasteiger partial charge in [-0.05, 0) is 44.9 Å². The third kappa shape index (κ3) is 41.8. The molecule has 0 spiro atoms. The molecular weight excluding hydrogens is 420 g/mol. The molecule has 0 saturated heterocycles. The van der Waals surface area contributed by atoms with Crippen LogP contribution in [0.4, 0.5) is 0 Å². The van der Waals surface area contributed by atoms with Crippen LogP contribution in [0.2, 0.25) is 0 Å². The monoisotopic (exact) mass is 476 g/mol. The van der Waals surface area contributed by atoms with E-state index < -0.39 is 5.97 Å². The highest BCUT2D eigenvalue weighted by Gasteiger charge is 2.13. The van der Waals surface area contributed by atoms with Gasteiger partial charge < -0.3 is 25.5 Å². The summed E-state index contributed by atoms with van der Waals surface area (Å²) in [5.41, 5.74) is -0.306. The van der Waals surface area contributed by atoms with Crippen molar-refractivity contribution in [3.8, 4) is 0 Å². The summed E-state index contributed by atoms with van der Waals surface area (Å²) < 4.78 is 0. The molecule has 0 heterocycles. The second kappa shape index (κ2) is 31.0. The van der Waals surface area contributed by atoms with Crippen molar-refractivity contribution in [3.05, 3.63) is 12.2 Å². The summed E-state index contributed by atoms with van der Waals surface area (Å²) >= 11 is 0. The minimum absolute atomic E-state index is 0.0451. The third-order valence-electron chi connectivity index (χ3n) is 5.07. The van der Waals surface area contributed by atoms with E-state index in [1.807, 2.05) is 0 Å². The zero-order chi connectivity index (χ0) is 25.6. The van der Waals surface area contributed by atoms with Gasteiger partial charge >= 0.3 is 5.97 Å². The first-order valence-electron chi connectivity index (χ1n) is 13.1. The molecule has 0 aliphatic carbocycles. The Morgan fingerprint density at radius 1 is 0.636 bits per heavy atom. The van der Waals surface area contributed by atoms with Crippen molar-refractivity contribution in [2.75, 3.05) is 26.4 Å². The molecule has 0 aromatic rings. The van der Waals surface area contributed by atoms with Crippen LogP contribution in [0.5, 0.6) is 0 Å². The molecule has 33 heavy (non-hydrogen) atoms. The van der Waals surface area contributed by atoms with Crippen molar-refractivity contribution >= 4 is 5.97 Å². The summed E-state index contributed by atoms with van der Waals surface area (Å²) in [6.07, 6.45) is 22.7. The quantitative estimate of drug-likeness (QED) is 0.111. The van der Waals surface area contributed by atoms with Crippen LogP contribution < -0.4 is 0 Å². The minimum atomic E-state index is -0.664. The predicted octanol–water partition coefficient (Wildman–Crippen LogP) is 5.86. The molecule has 0 aromatic heterocycles. The third-order valence-corrected chi connectivity index (χ3v) is 5.07. The van der Waals surface area contributed by atoms with E-state index in [1.54, 1.807) is 13.8 Å². The molecule has 6 nitrogen and oxygen atoms in total. The van der Waals surface area contributed by atoms with E-state index in [2.05, 4.69) is 19.1 Å². The number of hydrogen-bond acceptors (Lipinski definition) is 5. The Balaban J connectivity index is -0.000000563. The summed E-state index contributed by atoms with van der Waals surface area (Å²) in [6, 6.07) is 0. The molecule has 0 fully saturated rings. The second-order valence-corrected chi connectivity index (χ2v) is 9.36. The van der Waals surface area contributed by atoms with Crippen molar-refractivity contribution in [3.63, 3.8) is 0 Å². The lowest BCUT2D eigenvalue weighted by molar-refractivity contribution is -0.137. The van der Waals surface area contributed by atoms with Crippen LogP contribution in [-0.2, 0) is 4.79 Å². The van der Waals surface area contributed by atoms with Gasteiger partial charge in [0.05, 0.1) is 13.2 Å². The lowest BCUT2D eigenvalue weighted by Crippen LogP contribution is -2.20. The number of carbonyl (C=O) groups is 1. The van der Waals surface area contributed by atoms with Gasteiger partial charge in [-0.1, -0.05) is 84.3 Å². The van der Waals surface area contributed by atoms with Crippen LogP contribution >= 0.6 is 0 Å². The van der Waals surface area contributed by atoms with Crippen LogP contribution in [0, 0.1) is 5.41 Å². The van der Waals surface area contributed by atoms with Gasteiger partial charge in [-0.25, -0.2) is 0 Å². The Hall–Kier alpha value is -0.950. The van der Waals surface area contributed by atoms with E-state index in [0.29, 0.717) is 6.42 Å². The Labute approximate surface area is 204 Å². The van der Waals surface area contributed by atoms with Crippen LogP contribution in [0.25, 0.3) is 0 Å². The van der Waals surface area contributed by atoms with Crippen molar-refractivity contribution < 1.29 is 30.3 Å². The number of aliphatic carboxylic acids is 1. The van der Waals surface area contributed by atoms with E-state index in [4.69, 9.17) is 25.5 Å². The summed E-state index contributed by atoms with van der Waals surface area (Å²) in [5, 5.41) is 41.5. The first kappa shape index (κ1) is 36.6. The Morgan fingerprint density at radius 3 is 1.36 bits per heavy atom. The van der Waals surface area contributed by atoms with Crippen LogP contribution in [0.15, 0.2) is 12.2 Å². The van der Waals surface area contributed by atoms with Gasteiger partial charge in [0.25, 0.3) is 0 Å². The number of carboxylic acids is 1. The van der Waals surface area contributed by atoms with Gasteiger partial charge in [-0.2, -0.15) is 0 Å². The lowest BCUT2D eigenvalue weighted by Gasteiger charge is -2.16. The maximum atomic E-state index is 10.3. The molecule has 0 atom stereocenters. The zero-order valence-electron chi connectivity index (χ0n) is 21.9. The Morgan fingerprint density at radius 2 is 1.03 bits per heavy atom. The van der Waals surface area contributed by atoms with E-state index in [9.17, 15) is 4.79 Å². The largest absolute Gasteiger partial charge is 0.481 e. The standard InChI is InChI=1S/C18H34O2.C5H12O2.C4H10O2/c1-2-3-4-5-6-7-8-9-10-11-12-13-14-15-16-17-18(19)20;1-5(2,3-6)4-7;5-3-1-2-4-6/h9-10H,2-8,11-17H2,1H3,(H,19,20);6-7H,3-4H2,1-2H3;5-6H,1-4H2/b10-9-;;. The highest BCUT2D eigenvalue weighted by Crippen LogP contribution is 2.10. The van der Waals surface area contributed by atoms with Gasteiger partial charge in [0.1, 0.15) is 0 Å². The van der Waals surface area contributed by atoms with Gasteiger partial charge in [-0.15, -0.1) is 0 Å². The maximum Gasteiger partial charge on any atom is 0.303 e. The highest BCUT2D eigenvalue weighted by atomic mass is 16.4. The van der Waals surface area contributed by atoms with Crippen molar-refractivity contribution in [2.45, 2.75) is 124 Å². The number of carboxylic acid groups (broad SMARTS) is 1. The van der Waals surface area contributed by atoms with Crippen molar-refractivity contribution in [1.82, 2.24) is 0 Å². The molecule has 0 bridgehead atoms. The number of allylic oxidation sites excluding steroid dienone is 2. The number of hydrogen-bond donors (Lipinski definition) is 5. The fourth-order valence-corrected chi connectivity index (χ4v) is 2.62. The predicted molar refractivity (Wildman–Crippen MR) is 138 cm³/mol. The lowest BCUT2D eigenvalue weighted by atomic mass is 9.97. The van der Waals surface area contributed by atoms with Crippen LogP contribution in [0.1, 0.15) is 124 Å². The summed E-state index contributed by atoms with van der Waals surface area (Å²) in [7, 11) is 0. The molecule has 0 amide bonds. The molecule has 5 N–H and O–H groups in total. The smallest absolute Gasteiger partial charge is 0.303 e. The van der Waals surface area contributed by atoms with Gasteiger partial charge in [0.2, 0.25) is 0 Å². The van der Waals surface area contributed by atoms with Crippen LogP contribution in [0.3, 0.4) is 0 Å². The van der Waals surface area contributed by atoms with Crippen LogP contribution in [-0.4, -0.2) is 57.9 Å². The first-order chi connectivity index (χ1) is 15.8. The molecule has 6 heteroatoms. The second-order valence-electron chi connectivity index (χ2n) is 9.36. The Kier molecular flexibility index (Phi) is 34.5. The number of rotatable bonds is 20. The number of aliphatic hydroxyl groups excluding tert-OH is 4. The Bertz CT molecular complexity index is 386. The van der Waals surface area contributed by atoms with Gasteiger partial charge in [-0.3, -0.25) is 4.79 Å². The normalized spacial score (nSPS) is 11.0. The molecule has 0 saturated carbocycles. The summed E-state index contributed by atoms with van der Waals surface area (Å²) in [6.45, 7) is 6.34. The van der Waals surface area contributed by atoms with E-state index in [-0.39, 0.29) is 31.8 Å². The van der Waals surface area contributed by atoms with E-state index >= 15 is 0 Å². The minimum Gasteiger partial charge on any atom is -0.481 e. The average Bonchev–Trinajstić information content (AvgIpc) is 2.81. The fraction of sp³-hybridized carbons (Fsp3) is 0.889. The zero-order valence-corrected chi connectivity index (χ0v) is 21.9. The summed E-state index contributed by atoms with van der Waals surface area (Å²) in [5.74, 6) is -0.664. The van der Waals surface area contributed by atoms with Gasteiger partial charge in [0.15, 0.2) is 0 Å². The first-order valence-corrected chi connectivity index (χ1v) is 13.1. The molecule has 0 aliphatic heterocycles. The maximum absolute atomic E-state index is 10.3.